The number of rotatable bonds is 8. The molecule has 104 valence electrons. The standard InChI is InChI=1S/C12H22N2O4/c1-4-17-11(18-5-2)6-7-13-9-8-10(15)14(3)12(9)16/h9,11,13H,4-8H2,1-3H3. The monoisotopic (exact) mass is 258 g/mol. The summed E-state index contributed by atoms with van der Waals surface area (Å²) in [6, 6.07) is -0.397. The third-order valence-corrected chi connectivity index (χ3v) is 2.86. The number of likely N-dealkylation sites (tertiary alicyclic amines) is 1. The van der Waals surface area contributed by atoms with Gasteiger partial charge in [-0.25, -0.2) is 0 Å². The van der Waals surface area contributed by atoms with Crippen molar-refractivity contribution in [2.75, 3.05) is 26.8 Å². The number of hydrogen-bond acceptors (Lipinski definition) is 5. The molecule has 1 aliphatic rings. The summed E-state index contributed by atoms with van der Waals surface area (Å²) in [6.07, 6.45) is 0.643. The highest BCUT2D eigenvalue weighted by Crippen LogP contribution is 2.10. The van der Waals surface area contributed by atoms with Gasteiger partial charge in [-0.05, 0) is 13.8 Å². The van der Waals surface area contributed by atoms with Gasteiger partial charge in [-0.3, -0.25) is 14.5 Å². The zero-order valence-corrected chi connectivity index (χ0v) is 11.3. The number of nitrogens with zero attached hydrogens (tertiary/aromatic N) is 1. The number of nitrogens with one attached hydrogen (secondary N) is 1. The van der Waals surface area contributed by atoms with Gasteiger partial charge in [0.05, 0.1) is 12.5 Å². The minimum Gasteiger partial charge on any atom is -0.353 e. The summed E-state index contributed by atoms with van der Waals surface area (Å²) < 4.78 is 10.8. The molecule has 6 heteroatoms. The topological polar surface area (TPSA) is 67.9 Å². The molecule has 1 heterocycles. The van der Waals surface area contributed by atoms with Gasteiger partial charge in [-0.15, -0.1) is 0 Å². The average molecular weight is 258 g/mol. The van der Waals surface area contributed by atoms with Gasteiger partial charge >= 0.3 is 0 Å². The molecular weight excluding hydrogens is 236 g/mol. The van der Waals surface area contributed by atoms with Crippen LogP contribution in [0.15, 0.2) is 0 Å². The van der Waals surface area contributed by atoms with Crippen LogP contribution < -0.4 is 5.32 Å². The second kappa shape index (κ2) is 7.45. The summed E-state index contributed by atoms with van der Waals surface area (Å²) in [5, 5.41) is 3.07. The van der Waals surface area contributed by atoms with E-state index in [9.17, 15) is 9.59 Å². The molecule has 18 heavy (non-hydrogen) atoms. The van der Waals surface area contributed by atoms with Crippen LogP contribution in [-0.2, 0) is 19.1 Å². The fraction of sp³-hybridized carbons (Fsp3) is 0.833. The SMILES string of the molecule is CCOC(CCNC1CC(=O)N(C)C1=O)OCC. The molecule has 0 aromatic carbocycles. The van der Waals surface area contributed by atoms with Crippen LogP contribution in [0.25, 0.3) is 0 Å². The fourth-order valence-corrected chi connectivity index (χ4v) is 1.88. The number of amides is 2. The highest BCUT2D eigenvalue weighted by Gasteiger charge is 2.35. The van der Waals surface area contributed by atoms with Crippen LogP contribution >= 0.6 is 0 Å². The second-order valence-corrected chi connectivity index (χ2v) is 4.13. The first-order chi connectivity index (χ1) is 8.60. The summed E-state index contributed by atoms with van der Waals surface area (Å²) in [5.74, 6) is -0.298. The van der Waals surface area contributed by atoms with Gasteiger partial charge < -0.3 is 14.8 Å². The van der Waals surface area contributed by atoms with Crippen LogP contribution in [0.5, 0.6) is 0 Å². The Labute approximate surface area is 108 Å². The maximum absolute atomic E-state index is 11.6. The van der Waals surface area contributed by atoms with E-state index in [2.05, 4.69) is 5.32 Å². The van der Waals surface area contributed by atoms with Crippen molar-refractivity contribution in [1.82, 2.24) is 10.2 Å². The lowest BCUT2D eigenvalue weighted by atomic mass is 10.2. The normalized spacial score (nSPS) is 20.2. The Balaban J connectivity index is 2.28. The first-order valence-corrected chi connectivity index (χ1v) is 6.37. The van der Waals surface area contributed by atoms with Gasteiger partial charge in [0.15, 0.2) is 6.29 Å². The minimum absolute atomic E-state index is 0.135. The van der Waals surface area contributed by atoms with Crippen LogP contribution in [0.3, 0.4) is 0 Å². The number of likely N-dealkylation sites (N-methyl/N-ethyl adjacent to an activating group) is 1. The Kier molecular flexibility index (Phi) is 6.24. The van der Waals surface area contributed by atoms with Crippen molar-refractivity contribution in [3.8, 4) is 0 Å². The zero-order chi connectivity index (χ0) is 13.5. The molecule has 6 nitrogen and oxygen atoms in total. The first kappa shape index (κ1) is 15.1. The summed E-state index contributed by atoms with van der Waals surface area (Å²) in [7, 11) is 1.51. The lowest BCUT2D eigenvalue weighted by Gasteiger charge is -2.18. The first-order valence-electron chi connectivity index (χ1n) is 6.37. The van der Waals surface area contributed by atoms with Gasteiger partial charge in [0.25, 0.3) is 0 Å². The van der Waals surface area contributed by atoms with E-state index in [1.54, 1.807) is 0 Å². The molecule has 0 aliphatic carbocycles. The number of carbonyl (C=O) groups is 2. The highest BCUT2D eigenvalue weighted by atomic mass is 16.7. The molecule has 1 N–H and O–H groups in total. The quantitative estimate of drug-likeness (QED) is 0.495. The van der Waals surface area contributed by atoms with Crippen LogP contribution in [0.4, 0.5) is 0 Å². The van der Waals surface area contributed by atoms with Crippen molar-refractivity contribution < 1.29 is 19.1 Å². The molecule has 2 amide bonds. The molecule has 0 bridgehead atoms. The van der Waals surface area contributed by atoms with E-state index >= 15 is 0 Å². The van der Waals surface area contributed by atoms with Crippen LogP contribution in [-0.4, -0.2) is 55.9 Å². The van der Waals surface area contributed by atoms with E-state index in [-0.39, 0.29) is 24.5 Å². The number of hydrogen-bond donors (Lipinski definition) is 1. The van der Waals surface area contributed by atoms with Crippen molar-refractivity contribution in [3.05, 3.63) is 0 Å². The van der Waals surface area contributed by atoms with Crippen molar-refractivity contribution >= 4 is 11.8 Å². The Bertz CT molecular complexity index is 290. The van der Waals surface area contributed by atoms with Crippen molar-refractivity contribution in [2.45, 2.75) is 39.0 Å². The van der Waals surface area contributed by atoms with Gasteiger partial charge in [0.2, 0.25) is 11.8 Å². The van der Waals surface area contributed by atoms with Crippen molar-refractivity contribution in [3.63, 3.8) is 0 Å². The van der Waals surface area contributed by atoms with E-state index in [1.165, 1.54) is 11.9 Å². The Morgan fingerprint density at radius 1 is 1.33 bits per heavy atom. The molecule has 1 aliphatic heterocycles. The molecule has 0 radical (unpaired) electrons. The van der Waals surface area contributed by atoms with E-state index in [0.29, 0.717) is 26.2 Å². The summed E-state index contributed by atoms with van der Waals surface area (Å²) in [5.41, 5.74) is 0. The summed E-state index contributed by atoms with van der Waals surface area (Å²) >= 11 is 0. The predicted molar refractivity (Wildman–Crippen MR) is 65.8 cm³/mol. The highest BCUT2D eigenvalue weighted by molar-refractivity contribution is 6.05. The molecular formula is C12H22N2O4. The summed E-state index contributed by atoms with van der Waals surface area (Å²) in [6.45, 7) is 5.59. The third kappa shape index (κ3) is 4.04. The Morgan fingerprint density at radius 2 is 1.94 bits per heavy atom. The molecule has 0 spiro atoms. The molecule has 1 fully saturated rings. The maximum Gasteiger partial charge on any atom is 0.246 e. The fourth-order valence-electron chi connectivity index (χ4n) is 1.88. The summed E-state index contributed by atoms with van der Waals surface area (Å²) in [4.78, 5) is 24.1. The molecule has 0 aromatic rings. The van der Waals surface area contributed by atoms with Crippen LogP contribution in [0.2, 0.25) is 0 Å². The van der Waals surface area contributed by atoms with E-state index < -0.39 is 6.04 Å². The molecule has 1 atom stereocenters. The van der Waals surface area contributed by atoms with Crippen LogP contribution in [0.1, 0.15) is 26.7 Å². The lowest BCUT2D eigenvalue weighted by molar-refractivity contribution is -0.140. The predicted octanol–water partition coefficient (Wildman–Crippen LogP) is 0.123. The molecule has 1 unspecified atom stereocenters. The third-order valence-electron chi connectivity index (χ3n) is 2.86. The second-order valence-electron chi connectivity index (χ2n) is 4.13. The number of ether oxygens (including phenoxy) is 2. The lowest BCUT2D eigenvalue weighted by Crippen LogP contribution is -2.38. The number of imide groups is 1. The largest absolute Gasteiger partial charge is 0.353 e. The maximum atomic E-state index is 11.6. The van der Waals surface area contributed by atoms with Gasteiger partial charge in [0.1, 0.15) is 0 Å². The molecule has 0 saturated carbocycles. The van der Waals surface area contributed by atoms with Crippen LogP contribution in [0, 0.1) is 0 Å². The van der Waals surface area contributed by atoms with Gasteiger partial charge in [0, 0.05) is 33.2 Å². The molecule has 1 saturated heterocycles. The van der Waals surface area contributed by atoms with Gasteiger partial charge in [-0.1, -0.05) is 0 Å². The van der Waals surface area contributed by atoms with E-state index in [0.717, 1.165) is 0 Å². The Morgan fingerprint density at radius 3 is 2.39 bits per heavy atom. The van der Waals surface area contributed by atoms with Gasteiger partial charge in [-0.2, -0.15) is 0 Å². The van der Waals surface area contributed by atoms with E-state index in [1.807, 2.05) is 13.8 Å². The smallest absolute Gasteiger partial charge is 0.246 e. The molecule has 1 rings (SSSR count). The average Bonchev–Trinajstić information content (AvgIpc) is 2.58. The Hall–Kier alpha value is -0.980. The number of carbonyl (C=O) groups excluding carboxylic acids is 2. The zero-order valence-electron chi connectivity index (χ0n) is 11.3. The minimum atomic E-state index is -0.397. The van der Waals surface area contributed by atoms with Crippen molar-refractivity contribution in [2.24, 2.45) is 0 Å². The molecule has 0 aromatic heterocycles. The van der Waals surface area contributed by atoms with Crippen molar-refractivity contribution in [1.29, 1.82) is 0 Å². The van der Waals surface area contributed by atoms with E-state index in [4.69, 9.17) is 9.47 Å².